The lowest BCUT2D eigenvalue weighted by molar-refractivity contribution is -0.134. The van der Waals surface area contributed by atoms with Crippen molar-refractivity contribution in [1.29, 1.82) is 0 Å². The predicted molar refractivity (Wildman–Crippen MR) is 107 cm³/mol. The van der Waals surface area contributed by atoms with Crippen molar-refractivity contribution in [1.82, 2.24) is 4.90 Å². The van der Waals surface area contributed by atoms with E-state index in [1.165, 1.54) is 11.2 Å². The Bertz CT molecular complexity index is 873. The van der Waals surface area contributed by atoms with E-state index >= 15 is 0 Å². The van der Waals surface area contributed by atoms with E-state index in [0.717, 1.165) is 32.4 Å². The summed E-state index contributed by atoms with van der Waals surface area (Å²) in [6, 6.07) is 8.59. The number of aliphatic hydroxyl groups excluding tert-OH is 1. The highest BCUT2D eigenvalue weighted by molar-refractivity contribution is 6.04. The Morgan fingerprint density at radius 3 is 2.72 bits per heavy atom. The number of rotatable bonds is 5. The van der Waals surface area contributed by atoms with Gasteiger partial charge in [0.15, 0.2) is 6.10 Å². The third-order valence-corrected chi connectivity index (χ3v) is 5.59. The number of fused-ring (bicyclic) bond motifs is 1. The van der Waals surface area contributed by atoms with Crippen molar-refractivity contribution in [2.45, 2.75) is 44.8 Å². The number of piperidine rings is 1. The monoisotopic (exact) mass is 398 g/mol. The number of furan rings is 1. The molecule has 0 unspecified atom stereocenters. The molecule has 2 aliphatic heterocycles. The van der Waals surface area contributed by atoms with Crippen LogP contribution in [0.15, 0.2) is 41.0 Å². The van der Waals surface area contributed by atoms with Gasteiger partial charge < -0.3 is 19.2 Å². The minimum Gasteiger partial charge on any atom is -0.478 e. The summed E-state index contributed by atoms with van der Waals surface area (Å²) in [5, 5.41) is 10.6. The number of aliphatic hydroxyl groups is 1. The molecule has 1 fully saturated rings. The normalized spacial score (nSPS) is 20.2. The minimum atomic E-state index is -0.964. The molecule has 0 radical (unpaired) electrons. The maximum Gasteiger partial charge on any atom is 0.268 e. The standard InChI is InChI=1S/C22H26N2O5/c1-2-17-22(27)24(14-20(25)23-10-4-3-5-11-23)16-13-15(8-9-18(16)29-17)21(26)19-7-6-12-28-19/h6-9,12-13,17,21,26H,2-5,10-11,14H2,1H3/t17-,21+/m1/s1. The number of carbonyl (C=O) groups excluding carboxylic acids is 2. The van der Waals surface area contributed by atoms with Gasteiger partial charge in [0.2, 0.25) is 5.91 Å². The summed E-state index contributed by atoms with van der Waals surface area (Å²) in [6.45, 7) is 3.33. The number of benzene rings is 1. The van der Waals surface area contributed by atoms with Gasteiger partial charge in [0.05, 0.1) is 12.0 Å². The molecule has 0 saturated carbocycles. The Balaban J connectivity index is 1.64. The fourth-order valence-electron chi connectivity index (χ4n) is 3.92. The molecule has 2 aromatic rings. The molecule has 2 amide bonds. The van der Waals surface area contributed by atoms with Crippen molar-refractivity contribution >= 4 is 17.5 Å². The van der Waals surface area contributed by atoms with Crippen molar-refractivity contribution in [2.24, 2.45) is 0 Å². The van der Waals surface area contributed by atoms with Crippen molar-refractivity contribution in [3.05, 3.63) is 47.9 Å². The topological polar surface area (TPSA) is 83.2 Å². The lowest BCUT2D eigenvalue weighted by Gasteiger charge is -2.36. The third-order valence-electron chi connectivity index (χ3n) is 5.59. The van der Waals surface area contributed by atoms with E-state index < -0.39 is 12.2 Å². The van der Waals surface area contributed by atoms with Gasteiger partial charge in [-0.05, 0) is 55.5 Å². The number of hydrogen-bond acceptors (Lipinski definition) is 5. The zero-order valence-corrected chi connectivity index (χ0v) is 16.5. The fraction of sp³-hybridized carbons (Fsp3) is 0.455. The van der Waals surface area contributed by atoms with E-state index in [9.17, 15) is 14.7 Å². The van der Waals surface area contributed by atoms with Crippen LogP contribution in [0.1, 0.15) is 50.0 Å². The molecule has 29 heavy (non-hydrogen) atoms. The smallest absolute Gasteiger partial charge is 0.268 e. The molecule has 1 aromatic carbocycles. The highest BCUT2D eigenvalue weighted by Crippen LogP contribution is 2.38. The quantitative estimate of drug-likeness (QED) is 0.837. The van der Waals surface area contributed by atoms with Crippen LogP contribution in [-0.4, -0.2) is 47.6 Å². The van der Waals surface area contributed by atoms with Gasteiger partial charge in [-0.25, -0.2) is 0 Å². The van der Waals surface area contributed by atoms with Crippen LogP contribution >= 0.6 is 0 Å². The molecule has 2 atom stereocenters. The summed E-state index contributed by atoms with van der Waals surface area (Å²) in [5.74, 6) is 0.668. The van der Waals surface area contributed by atoms with E-state index in [-0.39, 0.29) is 18.4 Å². The Kier molecular flexibility index (Phi) is 5.58. The second kappa shape index (κ2) is 8.29. The van der Waals surface area contributed by atoms with Crippen LogP contribution in [0, 0.1) is 0 Å². The molecule has 1 aromatic heterocycles. The first kappa shape index (κ1) is 19.5. The first-order chi connectivity index (χ1) is 14.1. The largest absolute Gasteiger partial charge is 0.478 e. The average Bonchev–Trinajstić information content (AvgIpc) is 3.30. The molecule has 0 spiro atoms. The highest BCUT2D eigenvalue weighted by atomic mass is 16.5. The molecule has 7 nitrogen and oxygen atoms in total. The molecular formula is C22H26N2O5. The van der Waals surface area contributed by atoms with Crippen LogP contribution in [-0.2, 0) is 9.59 Å². The molecule has 0 bridgehead atoms. The molecule has 1 N–H and O–H groups in total. The molecule has 4 rings (SSSR count). The number of hydrogen-bond donors (Lipinski definition) is 1. The van der Waals surface area contributed by atoms with Gasteiger partial charge in [0.1, 0.15) is 24.2 Å². The molecule has 1 saturated heterocycles. The summed E-state index contributed by atoms with van der Waals surface area (Å²) in [5.41, 5.74) is 1.08. The minimum absolute atomic E-state index is 0.0218. The van der Waals surface area contributed by atoms with Gasteiger partial charge in [-0.2, -0.15) is 0 Å². The molecule has 7 heteroatoms. The number of amides is 2. The Morgan fingerprint density at radius 1 is 1.24 bits per heavy atom. The first-order valence-electron chi connectivity index (χ1n) is 10.2. The highest BCUT2D eigenvalue weighted by Gasteiger charge is 2.36. The van der Waals surface area contributed by atoms with E-state index in [1.54, 1.807) is 30.3 Å². The zero-order chi connectivity index (χ0) is 20.4. The number of carbonyl (C=O) groups is 2. The third kappa shape index (κ3) is 3.87. The van der Waals surface area contributed by atoms with Crippen LogP contribution in [0.5, 0.6) is 5.75 Å². The summed E-state index contributed by atoms with van der Waals surface area (Å²) >= 11 is 0. The first-order valence-corrected chi connectivity index (χ1v) is 10.2. The van der Waals surface area contributed by atoms with Gasteiger partial charge in [-0.3, -0.25) is 14.5 Å². The van der Waals surface area contributed by atoms with E-state index in [1.807, 2.05) is 11.8 Å². The number of likely N-dealkylation sites (tertiary alicyclic amines) is 1. The molecular weight excluding hydrogens is 372 g/mol. The van der Waals surface area contributed by atoms with Crippen molar-refractivity contribution in [3.8, 4) is 5.75 Å². The van der Waals surface area contributed by atoms with Crippen LogP contribution in [0.4, 0.5) is 5.69 Å². The van der Waals surface area contributed by atoms with Gasteiger partial charge in [0.25, 0.3) is 5.91 Å². The summed E-state index contributed by atoms with van der Waals surface area (Å²) in [4.78, 5) is 29.2. The number of anilines is 1. The Labute approximate surface area is 169 Å². The summed E-state index contributed by atoms with van der Waals surface area (Å²) in [7, 11) is 0. The van der Waals surface area contributed by atoms with Gasteiger partial charge >= 0.3 is 0 Å². The fourth-order valence-corrected chi connectivity index (χ4v) is 3.92. The van der Waals surface area contributed by atoms with E-state index in [0.29, 0.717) is 29.2 Å². The zero-order valence-electron chi connectivity index (χ0n) is 16.5. The SMILES string of the molecule is CC[C@H]1Oc2ccc([C@H](O)c3ccco3)cc2N(CC(=O)N2CCCCC2)C1=O. The average molecular weight is 398 g/mol. The summed E-state index contributed by atoms with van der Waals surface area (Å²) < 4.78 is 11.2. The molecule has 3 heterocycles. The second-order valence-electron chi connectivity index (χ2n) is 7.53. The lowest BCUT2D eigenvalue weighted by Crippen LogP contribution is -2.51. The second-order valence-corrected chi connectivity index (χ2v) is 7.53. The van der Waals surface area contributed by atoms with Crippen LogP contribution in [0.25, 0.3) is 0 Å². The van der Waals surface area contributed by atoms with Gasteiger partial charge in [-0.1, -0.05) is 13.0 Å². The van der Waals surface area contributed by atoms with E-state index in [4.69, 9.17) is 9.15 Å². The maximum atomic E-state index is 13.0. The molecule has 2 aliphatic rings. The molecule has 0 aliphatic carbocycles. The van der Waals surface area contributed by atoms with Gasteiger partial charge in [0, 0.05) is 13.1 Å². The van der Waals surface area contributed by atoms with Crippen molar-refractivity contribution in [3.63, 3.8) is 0 Å². The van der Waals surface area contributed by atoms with Crippen molar-refractivity contribution in [2.75, 3.05) is 24.5 Å². The number of ether oxygens (including phenoxy) is 1. The van der Waals surface area contributed by atoms with Crippen LogP contribution in [0.3, 0.4) is 0 Å². The Hall–Kier alpha value is -2.80. The van der Waals surface area contributed by atoms with E-state index in [2.05, 4.69) is 0 Å². The van der Waals surface area contributed by atoms with Gasteiger partial charge in [-0.15, -0.1) is 0 Å². The predicted octanol–water partition coefficient (Wildman–Crippen LogP) is 2.88. The maximum absolute atomic E-state index is 13.0. The lowest BCUT2D eigenvalue weighted by atomic mass is 10.0. The Morgan fingerprint density at radius 2 is 2.03 bits per heavy atom. The molecule has 154 valence electrons. The van der Waals surface area contributed by atoms with Crippen molar-refractivity contribution < 1.29 is 23.8 Å². The van der Waals surface area contributed by atoms with Crippen LogP contribution < -0.4 is 9.64 Å². The number of nitrogens with zero attached hydrogens (tertiary/aromatic N) is 2. The van der Waals surface area contributed by atoms with Crippen LogP contribution in [0.2, 0.25) is 0 Å². The summed E-state index contributed by atoms with van der Waals surface area (Å²) in [6.07, 6.45) is 3.57.